The molecule has 0 saturated heterocycles. The fraction of sp³-hybridized carbons (Fsp3) is 0.333. The summed E-state index contributed by atoms with van der Waals surface area (Å²) in [4.78, 5) is 14.6. The van der Waals surface area contributed by atoms with Gasteiger partial charge >= 0.3 is 6.03 Å². The van der Waals surface area contributed by atoms with Crippen molar-refractivity contribution in [3.8, 4) is 0 Å². The molecule has 6 nitrogen and oxygen atoms in total. The summed E-state index contributed by atoms with van der Waals surface area (Å²) < 4.78 is 21.0. The second kappa shape index (κ2) is 8.89. The summed E-state index contributed by atoms with van der Waals surface area (Å²) in [5, 5.41) is 7.60. The molecule has 2 aromatic carbocycles. The molecule has 1 aliphatic rings. The maximum atomic E-state index is 13.3. The molecule has 31 heavy (non-hydrogen) atoms. The third kappa shape index (κ3) is 4.77. The average Bonchev–Trinajstić information content (AvgIpc) is 3.06. The summed E-state index contributed by atoms with van der Waals surface area (Å²) in [5.41, 5.74) is 6.88. The van der Waals surface area contributed by atoms with Crippen molar-refractivity contribution in [2.45, 2.75) is 40.0 Å². The van der Waals surface area contributed by atoms with Crippen molar-refractivity contribution in [1.82, 2.24) is 14.7 Å². The van der Waals surface area contributed by atoms with E-state index in [0.717, 1.165) is 40.2 Å². The molecule has 4 rings (SSSR count). The zero-order valence-corrected chi connectivity index (χ0v) is 18.1. The minimum absolute atomic E-state index is 0.121. The number of aryl methyl sites for hydroxylation is 3. The van der Waals surface area contributed by atoms with Crippen LogP contribution in [0.25, 0.3) is 0 Å². The smallest absolute Gasteiger partial charge is 0.322 e. The van der Waals surface area contributed by atoms with Gasteiger partial charge in [-0.15, -0.1) is 0 Å². The van der Waals surface area contributed by atoms with Gasteiger partial charge in [0.05, 0.1) is 25.5 Å². The predicted molar refractivity (Wildman–Crippen MR) is 117 cm³/mol. The third-order valence-electron chi connectivity index (χ3n) is 5.77. The number of carbonyl (C=O) groups is 1. The van der Waals surface area contributed by atoms with Gasteiger partial charge in [0, 0.05) is 37.0 Å². The molecule has 0 bridgehead atoms. The number of halogens is 1. The van der Waals surface area contributed by atoms with Gasteiger partial charge in [-0.25, -0.2) is 9.18 Å². The topological polar surface area (TPSA) is 59.4 Å². The van der Waals surface area contributed by atoms with E-state index in [2.05, 4.69) is 10.4 Å². The van der Waals surface area contributed by atoms with Crippen molar-refractivity contribution >= 4 is 11.7 Å². The summed E-state index contributed by atoms with van der Waals surface area (Å²) in [6.45, 7) is 5.81. The van der Waals surface area contributed by atoms with Gasteiger partial charge in [-0.05, 0) is 54.8 Å². The lowest BCUT2D eigenvalue weighted by molar-refractivity contribution is 0.103. The fourth-order valence-corrected chi connectivity index (χ4v) is 3.87. The molecule has 0 saturated carbocycles. The van der Waals surface area contributed by atoms with Crippen molar-refractivity contribution in [2.75, 3.05) is 11.9 Å². The van der Waals surface area contributed by atoms with E-state index in [1.54, 1.807) is 11.0 Å². The van der Waals surface area contributed by atoms with Crippen molar-refractivity contribution in [3.63, 3.8) is 0 Å². The molecule has 3 aromatic rings. The van der Waals surface area contributed by atoms with Crippen LogP contribution in [0.5, 0.6) is 0 Å². The summed E-state index contributed by atoms with van der Waals surface area (Å²) in [6.07, 6.45) is 0.739. The number of aromatic nitrogens is 2. The van der Waals surface area contributed by atoms with E-state index < -0.39 is 0 Å². The Labute approximate surface area is 181 Å². The van der Waals surface area contributed by atoms with Gasteiger partial charge in [0.2, 0.25) is 0 Å². The number of urea groups is 1. The van der Waals surface area contributed by atoms with Gasteiger partial charge < -0.3 is 15.0 Å². The van der Waals surface area contributed by atoms with Crippen LogP contribution in [-0.2, 0) is 38.0 Å². The van der Waals surface area contributed by atoms with Crippen LogP contribution in [0.3, 0.4) is 0 Å². The number of benzene rings is 2. The largest absolute Gasteiger partial charge is 0.370 e. The van der Waals surface area contributed by atoms with Crippen molar-refractivity contribution in [2.24, 2.45) is 7.05 Å². The maximum Gasteiger partial charge on any atom is 0.322 e. The Morgan fingerprint density at radius 1 is 1.16 bits per heavy atom. The summed E-state index contributed by atoms with van der Waals surface area (Å²) in [5.74, 6) is -0.276. The van der Waals surface area contributed by atoms with Gasteiger partial charge in [0.15, 0.2) is 0 Å². The summed E-state index contributed by atoms with van der Waals surface area (Å²) in [6, 6.07) is 12.2. The van der Waals surface area contributed by atoms with E-state index in [9.17, 15) is 9.18 Å². The normalized spacial score (nSPS) is 13.2. The van der Waals surface area contributed by atoms with Gasteiger partial charge in [-0.2, -0.15) is 5.10 Å². The van der Waals surface area contributed by atoms with Gasteiger partial charge in [-0.3, -0.25) is 4.68 Å². The first-order valence-corrected chi connectivity index (χ1v) is 10.4. The molecule has 0 radical (unpaired) electrons. The van der Waals surface area contributed by atoms with Crippen molar-refractivity contribution in [1.29, 1.82) is 0 Å². The van der Waals surface area contributed by atoms with E-state index in [1.807, 2.05) is 49.8 Å². The number of hydrogen-bond donors (Lipinski definition) is 1. The molecule has 1 N–H and O–H groups in total. The molecule has 0 unspecified atom stereocenters. The number of nitrogens with one attached hydrogen (secondary N) is 1. The predicted octanol–water partition coefficient (Wildman–Crippen LogP) is 4.48. The second-order valence-electron chi connectivity index (χ2n) is 8.02. The van der Waals surface area contributed by atoms with E-state index in [4.69, 9.17) is 4.74 Å². The number of rotatable bonds is 5. The van der Waals surface area contributed by atoms with Crippen LogP contribution in [0.4, 0.5) is 14.9 Å². The standard InChI is InChI=1S/C24H27FN4O2/c1-16-7-8-20(11-17(16)2)26-24(30)29-10-9-23-21(13-29)22(27-28(23)3)15-31-14-18-5-4-6-19(25)12-18/h4-8,11-12H,9-10,13-15H2,1-3H3,(H,26,30). The Morgan fingerprint density at radius 3 is 2.77 bits per heavy atom. The molecule has 0 aliphatic carbocycles. The highest BCUT2D eigenvalue weighted by atomic mass is 19.1. The lowest BCUT2D eigenvalue weighted by Gasteiger charge is -2.28. The first kappa shape index (κ1) is 21.1. The highest BCUT2D eigenvalue weighted by Gasteiger charge is 2.26. The average molecular weight is 423 g/mol. The Bertz CT molecular complexity index is 1110. The molecule has 0 fully saturated rings. The quantitative estimate of drug-likeness (QED) is 0.659. The highest BCUT2D eigenvalue weighted by Crippen LogP contribution is 2.24. The second-order valence-corrected chi connectivity index (χ2v) is 8.02. The molecule has 0 atom stereocenters. The van der Waals surface area contributed by atoms with Crippen LogP contribution in [-0.4, -0.2) is 27.3 Å². The molecular formula is C24H27FN4O2. The molecule has 0 spiro atoms. The van der Waals surface area contributed by atoms with E-state index >= 15 is 0 Å². The van der Waals surface area contributed by atoms with E-state index in [1.165, 1.54) is 17.7 Å². The minimum atomic E-state index is -0.276. The number of fused-ring (bicyclic) bond motifs is 1. The molecule has 7 heteroatoms. The van der Waals surface area contributed by atoms with Crippen LogP contribution in [0, 0.1) is 19.7 Å². The SMILES string of the molecule is Cc1ccc(NC(=O)N2CCc3c(c(COCc4cccc(F)c4)nn3C)C2)cc1C. The Kier molecular flexibility index (Phi) is 6.04. The van der Waals surface area contributed by atoms with Crippen LogP contribution >= 0.6 is 0 Å². The molecule has 1 aliphatic heterocycles. The van der Waals surface area contributed by atoms with Crippen molar-refractivity contribution < 1.29 is 13.9 Å². The van der Waals surface area contributed by atoms with E-state index in [-0.39, 0.29) is 11.8 Å². The number of amides is 2. The van der Waals surface area contributed by atoms with Crippen LogP contribution < -0.4 is 5.32 Å². The number of carbonyl (C=O) groups excluding carboxylic acids is 1. The lowest BCUT2D eigenvalue weighted by Crippen LogP contribution is -2.39. The summed E-state index contributed by atoms with van der Waals surface area (Å²) in [7, 11) is 1.92. The fourth-order valence-electron chi connectivity index (χ4n) is 3.87. The van der Waals surface area contributed by atoms with Crippen LogP contribution in [0.15, 0.2) is 42.5 Å². The Morgan fingerprint density at radius 2 is 2.00 bits per heavy atom. The molecule has 2 amide bonds. The zero-order valence-electron chi connectivity index (χ0n) is 18.1. The zero-order chi connectivity index (χ0) is 22.0. The van der Waals surface area contributed by atoms with Gasteiger partial charge in [0.1, 0.15) is 5.82 Å². The van der Waals surface area contributed by atoms with E-state index in [0.29, 0.717) is 26.3 Å². The number of hydrogen-bond acceptors (Lipinski definition) is 3. The molecule has 2 heterocycles. The Hall–Kier alpha value is -3.19. The molecule has 162 valence electrons. The molecular weight excluding hydrogens is 395 g/mol. The first-order chi connectivity index (χ1) is 14.9. The minimum Gasteiger partial charge on any atom is -0.370 e. The highest BCUT2D eigenvalue weighted by molar-refractivity contribution is 5.89. The van der Waals surface area contributed by atoms with Crippen LogP contribution in [0.1, 0.15) is 33.6 Å². The lowest BCUT2D eigenvalue weighted by atomic mass is 10.1. The third-order valence-corrected chi connectivity index (χ3v) is 5.77. The van der Waals surface area contributed by atoms with Crippen molar-refractivity contribution in [3.05, 3.63) is 81.9 Å². The monoisotopic (exact) mass is 422 g/mol. The summed E-state index contributed by atoms with van der Waals surface area (Å²) >= 11 is 0. The maximum absolute atomic E-state index is 13.3. The van der Waals surface area contributed by atoms with Crippen LogP contribution in [0.2, 0.25) is 0 Å². The van der Waals surface area contributed by atoms with Gasteiger partial charge in [0.25, 0.3) is 0 Å². The number of nitrogens with zero attached hydrogens (tertiary/aromatic N) is 3. The first-order valence-electron chi connectivity index (χ1n) is 10.4. The number of ether oxygens (including phenoxy) is 1. The Balaban J connectivity index is 1.41. The number of anilines is 1. The molecule has 1 aromatic heterocycles. The van der Waals surface area contributed by atoms with Gasteiger partial charge in [-0.1, -0.05) is 18.2 Å².